The third-order valence-electron chi connectivity index (χ3n) is 4.29. The summed E-state index contributed by atoms with van der Waals surface area (Å²) in [6.45, 7) is 3.16. The van der Waals surface area contributed by atoms with Crippen molar-refractivity contribution in [2.24, 2.45) is 0 Å². The zero-order valence-electron chi connectivity index (χ0n) is 14.3. The van der Waals surface area contributed by atoms with Crippen molar-refractivity contribution < 1.29 is 13.8 Å². The number of rotatable bonds is 5. The van der Waals surface area contributed by atoms with Gasteiger partial charge in [0.2, 0.25) is 0 Å². The molecule has 1 aromatic carbocycles. The lowest BCUT2D eigenvalue weighted by molar-refractivity contribution is 0.152. The van der Waals surface area contributed by atoms with Gasteiger partial charge in [-0.3, -0.25) is 4.57 Å². The topological polar surface area (TPSA) is 117 Å². The largest absolute Gasteiger partial charge is 0.382 e. The maximum absolute atomic E-state index is 12.8. The Balaban J connectivity index is 1.36. The second kappa shape index (κ2) is 6.68. The van der Waals surface area contributed by atoms with Gasteiger partial charge < -0.3 is 24.6 Å². The molecule has 0 aliphatic carbocycles. The van der Waals surface area contributed by atoms with Crippen LogP contribution in [0.3, 0.4) is 0 Å². The van der Waals surface area contributed by atoms with Crippen molar-refractivity contribution in [1.29, 1.82) is 0 Å². The summed E-state index contributed by atoms with van der Waals surface area (Å²) < 4.78 is 25.8. The number of benzene rings is 1. The monoisotopic (exact) mass is 374 g/mol. The highest BCUT2D eigenvalue weighted by molar-refractivity contribution is 7.60. The summed E-state index contributed by atoms with van der Waals surface area (Å²) in [6.07, 6.45) is 3.02. The maximum atomic E-state index is 12.8. The molecule has 2 aromatic heterocycles. The number of aromatic nitrogens is 4. The molecule has 0 saturated heterocycles. The predicted octanol–water partition coefficient (Wildman–Crippen LogP) is 2.53. The molecule has 3 heterocycles. The van der Waals surface area contributed by atoms with E-state index < -0.39 is 7.52 Å². The molecule has 1 aliphatic rings. The van der Waals surface area contributed by atoms with Gasteiger partial charge >= 0.3 is 7.52 Å². The molecule has 136 valence electrons. The van der Waals surface area contributed by atoms with Gasteiger partial charge in [-0.1, -0.05) is 12.1 Å². The summed E-state index contributed by atoms with van der Waals surface area (Å²) in [5.41, 5.74) is 9.95. The number of nitrogens with two attached hydrogens (primary N) is 1. The lowest BCUT2D eigenvalue weighted by Crippen LogP contribution is -2.16. The Hall–Kier alpha value is -2.48. The average Bonchev–Trinajstić information content (AvgIpc) is 3.03. The van der Waals surface area contributed by atoms with Crippen molar-refractivity contribution in [2.75, 3.05) is 23.8 Å². The predicted molar refractivity (Wildman–Crippen MR) is 97.8 cm³/mol. The van der Waals surface area contributed by atoms with Gasteiger partial charge in [0.15, 0.2) is 11.5 Å². The molecule has 3 aromatic rings. The minimum Gasteiger partial charge on any atom is -0.382 e. The van der Waals surface area contributed by atoms with E-state index in [4.69, 9.17) is 15.0 Å². The summed E-state index contributed by atoms with van der Waals surface area (Å²) >= 11 is 0. The number of fused-ring (bicyclic) bond motifs is 2. The fraction of sp³-hybridized carbons (Fsp3) is 0.312. The van der Waals surface area contributed by atoms with Crippen LogP contribution in [-0.4, -0.2) is 32.5 Å². The first-order chi connectivity index (χ1) is 12.6. The Morgan fingerprint density at radius 3 is 3.15 bits per heavy atom. The number of nitrogens with zero attached hydrogens (tertiary/aromatic N) is 4. The van der Waals surface area contributed by atoms with E-state index in [2.05, 4.69) is 20.0 Å². The Kier molecular flexibility index (Phi) is 4.36. The highest BCUT2D eigenvalue weighted by Gasteiger charge is 2.30. The van der Waals surface area contributed by atoms with E-state index in [1.165, 1.54) is 6.33 Å². The van der Waals surface area contributed by atoms with Gasteiger partial charge in [-0.05, 0) is 18.6 Å². The first kappa shape index (κ1) is 17.0. The summed E-state index contributed by atoms with van der Waals surface area (Å²) in [4.78, 5) is 12.3. The molecule has 0 spiro atoms. The molecule has 0 amide bonds. The molecule has 10 heteroatoms. The highest BCUT2D eigenvalue weighted by atomic mass is 31.2. The molecule has 0 fully saturated rings. The third kappa shape index (κ3) is 3.16. The van der Waals surface area contributed by atoms with Gasteiger partial charge in [0.05, 0.1) is 19.5 Å². The molecule has 1 aliphatic heterocycles. The number of imidazole rings is 1. The first-order valence-corrected chi connectivity index (χ1v) is 9.96. The highest BCUT2D eigenvalue weighted by Crippen LogP contribution is 2.52. The van der Waals surface area contributed by atoms with E-state index in [9.17, 15) is 4.57 Å². The summed E-state index contributed by atoms with van der Waals surface area (Å²) in [7, 11) is -3.07. The number of hydrogen-bond donors (Lipinski definition) is 2. The Bertz CT molecular complexity index is 1000. The molecule has 1 atom stereocenters. The van der Waals surface area contributed by atoms with Crippen molar-refractivity contribution in [2.45, 2.75) is 20.1 Å². The summed E-state index contributed by atoms with van der Waals surface area (Å²) in [6, 6.07) is 5.83. The number of aryl methyl sites for hydroxylation is 1. The van der Waals surface area contributed by atoms with Crippen molar-refractivity contribution in [3.8, 4) is 0 Å². The SMILES string of the molecule is Cc1cccc2c1COP(=O)(COCCn1cnc3c(N)ncnc31)N2. The lowest BCUT2D eigenvalue weighted by atomic mass is 10.1. The minimum atomic E-state index is -3.07. The van der Waals surface area contributed by atoms with Gasteiger partial charge in [-0.15, -0.1) is 0 Å². The summed E-state index contributed by atoms with van der Waals surface area (Å²) in [5, 5.41) is 3.00. The molecule has 0 bridgehead atoms. The van der Waals surface area contributed by atoms with E-state index >= 15 is 0 Å². The second-order valence-corrected chi connectivity index (χ2v) is 8.15. The Morgan fingerprint density at radius 2 is 2.27 bits per heavy atom. The van der Waals surface area contributed by atoms with Crippen LogP contribution in [0.5, 0.6) is 0 Å². The van der Waals surface area contributed by atoms with E-state index in [1.54, 1.807) is 6.33 Å². The van der Waals surface area contributed by atoms with Crippen LogP contribution in [0.15, 0.2) is 30.9 Å². The van der Waals surface area contributed by atoms with Crippen LogP contribution in [0, 0.1) is 6.92 Å². The van der Waals surface area contributed by atoms with Crippen LogP contribution >= 0.6 is 7.52 Å². The van der Waals surface area contributed by atoms with E-state index in [0.29, 0.717) is 36.7 Å². The molecule has 26 heavy (non-hydrogen) atoms. The fourth-order valence-corrected chi connectivity index (χ4v) is 4.35. The van der Waals surface area contributed by atoms with E-state index in [-0.39, 0.29) is 6.35 Å². The lowest BCUT2D eigenvalue weighted by Gasteiger charge is -2.28. The first-order valence-electron chi connectivity index (χ1n) is 8.15. The van der Waals surface area contributed by atoms with Crippen LogP contribution in [0.2, 0.25) is 0 Å². The van der Waals surface area contributed by atoms with Crippen LogP contribution in [0.1, 0.15) is 11.1 Å². The van der Waals surface area contributed by atoms with Crippen LogP contribution in [0.4, 0.5) is 11.5 Å². The molecule has 9 nitrogen and oxygen atoms in total. The van der Waals surface area contributed by atoms with Gasteiger partial charge in [-0.25, -0.2) is 15.0 Å². The zero-order chi connectivity index (χ0) is 18.1. The molecule has 0 radical (unpaired) electrons. The van der Waals surface area contributed by atoms with E-state index in [0.717, 1.165) is 16.8 Å². The molecule has 0 saturated carbocycles. The smallest absolute Gasteiger partial charge is 0.319 e. The number of nitrogens with one attached hydrogen (secondary N) is 1. The quantitative estimate of drug-likeness (QED) is 0.517. The number of hydrogen-bond acceptors (Lipinski definition) is 7. The van der Waals surface area contributed by atoms with Crippen LogP contribution < -0.4 is 10.8 Å². The van der Waals surface area contributed by atoms with Crippen molar-refractivity contribution in [3.63, 3.8) is 0 Å². The zero-order valence-corrected chi connectivity index (χ0v) is 15.1. The Labute approximate surface area is 150 Å². The second-order valence-electron chi connectivity index (χ2n) is 6.07. The van der Waals surface area contributed by atoms with Crippen molar-refractivity contribution in [1.82, 2.24) is 19.5 Å². The van der Waals surface area contributed by atoms with Crippen LogP contribution in [0.25, 0.3) is 11.2 Å². The number of anilines is 2. The van der Waals surface area contributed by atoms with Gasteiger partial charge in [0.25, 0.3) is 0 Å². The molecule has 4 rings (SSSR count). The maximum Gasteiger partial charge on any atom is 0.319 e. The van der Waals surface area contributed by atoms with Crippen molar-refractivity contribution in [3.05, 3.63) is 42.0 Å². The molecule has 3 N–H and O–H groups in total. The number of nitrogen functional groups attached to an aromatic ring is 1. The van der Waals surface area contributed by atoms with Gasteiger partial charge in [-0.2, -0.15) is 0 Å². The average molecular weight is 374 g/mol. The molecular formula is C16H19N6O3P. The molecular weight excluding hydrogens is 355 g/mol. The van der Waals surface area contributed by atoms with Gasteiger partial charge in [0.1, 0.15) is 18.2 Å². The normalized spacial score (nSPS) is 19.3. The fourth-order valence-electron chi connectivity index (χ4n) is 2.86. The van der Waals surface area contributed by atoms with Crippen LogP contribution in [-0.2, 0) is 27.0 Å². The van der Waals surface area contributed by atoms with Crippen molar-refractivity contribution >= 4 is 30.2 Å². The third-order valence-corrected chi connectivity index (χ3v) is 5.94. The Morgan fingerprint density at radius 1 is 1.38 bits per heavy atom. The standard InChI is InChI=1S/C16H19N6O3P/c1-11-3-2-4-13-12(11)7-25-26(23,21-13)10-24-6-5-22-9-20-14-15(17)18-8-19-16(14)22/h2-4,8-9H,5-7,10H2,1H3,(H,21,23)(H2,17,18,19). The summed E-state index contributed by atoms with van der Waals surface area (Å²) in [5.74, 6) is 0.341. The molecule has 1 unspecified atom stereocenters. The van der Waals surface area contributed by atoms with Gasteiger partial charge in [0, 0.05) is 17.8 Å². The number of ether oxygens (including phenoxy) is 1. The van der Waals surface area contributed by atoms with E-state index in [1.807, 2.05) is 29.7 Å². The minimum absolute atomic E-state index is 0.00979.